The Kier molecular flexibility index (Phi) is 5.90. The average Bonchev–Trinajstić information content (AvgIpc) is 2.73. The molecule has 0 spiro atoms. The van der Waals surface area contributed by atoms with E-state index in [-0.39, 0.29) is 12.1 Å². The van der Waals surface area contributed by atoms with E-state index in [1.165, 1.54) is 0 Å². The first-order valence-electron chi connectivity index (χ1n) is 9.87. The van der Waals surface area contributed by atoms with Crippen LogP contribution in [0.2, 0.25) is 5.02 Å². The highest BCUT2D eigenvalue weighted by Gasteiger charge is 2.33. The van der Waals surface area contributed by atoms with E-state index >= 15 is 0 Å². The van der Waals surface area contributed by atoms with Gasteiger partial charge < -0.3 is 25.4 Å². The molecule has 154 valence electrons. The summed E-state index contributed by atoms with van der Waals surface area (Å²) in [5.41, 5.74) is 8.96. The third-order valence-electron chi connectivity index (χ3n) is 5.47. The second kappa shape index (κ2) is 8.42. The summed E-state index contributed by atoms with van der Waals surface area (Å²) in [6, 6.07) is 13.6. The van der Waals surface area contributed by atoms with Gasteiger partial charge in [-0.1, -0.05) is 29.8 Å². The van der Waals surface area contributed by atoms with Gasteiger partial charge in [-0.15, -0.1) is 0 Å². The third kappa shape index (κ3) is 4.47. The number of nitrogens with two attached hydrogens (primary N) is 1. The van der Waals surface area contributed by atoms with E-state index in [1.807, 2.05) is 37.3 Å². The SMILES string of the molecule is CC1(c2cccc(-c3cc(Cl)cc(C(=O)N4CCOCC4)c3)c2)CNCC(N)O1. The zero-order valence-electron chi connectivity index (χ0n) is 16.5. The number of nitrogens with zero attached hydrogens (tertiary/aromatic N) is 1. The van der Waals surface area contributed by atoms with E-state index in [1.54, 1.807) is 11.0 Å². The van der Waals surface area contributed by atoms with Gasteiger partial charge in [0.1, 0.15) is 11.8 Å². The van der Waals surface area contributed by atoms with Crippen LogP contribution in [0.25, 0.3) is 11.1 Å². The van der Waals surface area contributed by atoms with Crippen molar-refractivity contribution in [1.82, 2.24) is 10.2 Å². The van der Waals surface area contributed by atoms with Crippen LogP contribution >= 0.6 is 11.6 Å². The van der Waals surface area contributed by atoms with E-state index in [2.05, 4.69) is 11.4 Å². The molecule has 2 aromatic carbocycles. The van der Waals surface area contributed by atoms with Crippen LogP contribution in [0.15, 0.2) is 42.5 Å². The minimum Gasteiger partial charge on any atom is -0.378 e. The number of hydrogen-bond acceptors (Lipinski definition) is 5. The summed E-state index contributed by atoms with van der Waals surface area (Å²) < 4.78 is 11.4. The molecule has 0 radical (unpaired) electrons. The molecule has 0 saturated carbocycles. The molecule has 3 N–H and O–H groups in total. The number of carbonyl (C=O) groups excluding carboxylic acids is 1. The number of nitrogens with one attached hydrogen (secondary N) is 1. The van der Waals surface area contributed by atoms with Gasteiger partial charge >= 0.3 is 0 Å². The van der Waals surface area contributed by atoms with Gasteiger partial charge in [0, 0.05) is 36.8 Å². The van der Waals surface area contributed by atoms with Crippen LogP contribution in [0.1, 0.15) is 22.8 Å². The Morgan fingerprint density at radius 1 is 1.21 bits per heavy atom. The number of morpholine rings is 2. The van der Waals surface area contributed by atoms with Gasteiger partial charge in [-0.2, -0.15) is 0 Å². The zero-order valence-corrected chi connectivity index (χ0v) is 17.2. The molecule has 2 fully saturated rings. The van der Waals surface area contributed by atoms with Crippen molar-refractivity contribution in [2.75, 3.05) is 39.4 Å². The molecule has 2 aliphatic rings. The number of benzene rings is 2. The summed E-state index contributed by atoms with van der Waals surface area (Å²) in [5, 5.41) is 3.86. The fraction of sp³-hybridized carbons (Fsp3) is 0.409. The standard InChI is InChI=1S/C22H26ClN3O3/c1-22(14-25-13-20(24)29-22)18-4-2-3-15(10-18)16-9-17(12-19(23)11-16)21(27)26-5-7-28-8-6-26/h2-4,9-12,20,25H,5-8,13-14,24H2,1H3. The first-order valence-corrected chi connectivity index (χ1v) is 10.2. The fourth-order valence-corrected chi connectivity index (χ4v) is 4.13. The molecule has 0 bridgehead atoms. The van der Waals surface area contributed by atoms with Gasteiger partial charge in [0.15, 0.2) is 0 Å². The number of amides is 1. The highest BCUT2D eigenvalue weighted by atomic mass is 35.5. The van der Waals surface area contributed by atoms with Crippen molar-refractivity contribution in [2.24, 2.45) is 5.73 Å². The first-order chi connectivity index (χ1) is 13.9. The Labute approximate surface area is 175 Å². The molecule has 2 heterocycles. The van der Waals surface area contributed by atoms with E-state index in [0.717, 1.165) is 16.7 Å². The second-order valence-electron chi connectivity index (χ2n) is 7.73. The summed E-state index contributed by atoms with van der Waals surface area (Å²) in [4.78, 5) is 14.7. The van der Waals surface area contributed by atoms with Crippen LogP contribution in [0, 0.1) is 0 Å². The average molecular weight is 416 g/mol. The van der Waals surface area contributed by atoms with Gasteiger partial charge in [0.2, 0.25) is 0 Å². The van der Waals surface area contributed by atoms with Gasteiger partial charge in [0.25, 0.3) is 5.91 Å². The molecule has 2 unspecified atom stereocenters. The van der Waals surface area contributed by atoms with Crippen LogP contribution < -0.4 is 11.1 Å². The van der Waals surface area contributed by atoms with Crippen LogP contribution in [0.3, 0.4) is 0 Å². The summed E-state index contributed by atoms with van der Waals surface area (Å²) >= 11 is 6.37. The van der Waals surface area contributed by atoms with Gasteiger partial charge in [-0.05, 0) is 47.9 Å². The van der Waals surface area contributed by atoms with E-state index in [9.17, 15) is 4.79 Å². The van der Waals surface area contributed by atoms with Crippen molar-refractivity contribution in [3.8, 4) is 11.1 Å². The molecule has 2 atom stereocenters. The molecule has 0 aliphatic carbocycles. The molecule has 7 heteroatoms. The molecule has 0 aromatic heterocycles. The Hall–Kier alpha value is -1.96. The zero-order chi connectivity index (χ0) is 20.4. The fourth-order valence-electron chi connectivity index (χ4n) is 3.90. The number of hydrogen-bond donors (Lipinski definition) is 2. The molecule has 1 amide bonds. The number of ether oxygens (including phenoxy) is 2. The largest absolute Gasteiger partial charge is 0.378 e. The smallest absolute Gasteiger partial charge is 0.254 e. The lowest BCUT2D eigenvalue weighted by molar-refractivity contribution is -0.107. The van der Waals surface area contributed by atoms with Crippen molar-refractivity contribution >= 4 is 17.5 Å². The summed E-state index contributed by atoms with van der Waals surface area (Å²) in [6.07, 6.45) is -0.346. The number of carbonyl (C=O) groups is 1. The van der Waals surface area contributed by atoms with E-state index in [4.69, 9.17) is 26.8 Å². The Balaban J connectivity index is 1.65. The van der Waals surface area contributed by atoms with Crippen LogP contribution in [-0.2, 0) is 15.1 Å². The van der Waals surface area contributed by atoms with Gasteiger partial charge in [0.05, 0.1) is 13.2 Å². The molecular weight excluding hydrogens is 390 g/mol. The molecule has 2 aliphatic heterocycles. The van der Waals surface area contributed by atoms with E-state index in [0.29, 0.717) is 50.0 Å². The van der Waals surface area contributed by atoms with Crippen molar-refractivity contribution in [3.05, 3.63) is 58.6 Å². The lowest BCUT2D eigenvalue weighted by atomic mass is 9.91. The van der Waals surface area contributed by atoms with Crippen molar-refractivity contribution < 1.29 is 14.3 Å². The topological polar surface area (TPSA) is 76.8 Å². The predicted octanol–water partition coefficient (Wildman–Crippen LogP) is 2.60. The Morgan fingerprint density at radius 3 is 2.76 bits per heavy atom. The normalized spacial score (nSPS) is 25.1. The highest BCUT2D eigenvalue weighted by Crippen LogP contribution is 2.32. The molecule has 6 nitrogen and oxygen atoms in total. The summed E-state index contributed by atoms with van der Waals surface area (Å²) in [5.74, 6) is -0.0223. The van der Waals surface area contributed by atoms with Crippen molar-refractivity contribution in [3.63, 3.8) is 0 Å². The number of halogens is 1. The van der Waals surface area contributed by atoms with Crippen molar-refractivity contribution in [2.45, 2.75) is 18.8 Å². The maximum atomic E-state index is 12.9. The van der Waals surface area contributed by atoms with Gasteiger partial charge in [-0.3, -0.25) is 4.79 Å². The van der Waals surface area contributed by atoms with Crippen LogP contribution in [-0.4, -0.2) is 56.4 Å². The first kappa shape index (κ1) is 20.3. The van der Waals surface area contributed by atoms with Gasteiger partial charge in [-0.25, -0.2) is 0 Å². The maximum absolute atomic E-state index is 12.9. The highest BCUT2D eigenvalue weighted by molar-refractivity contribution is 6.31. The Morgan fingerprint density at radius 2 is 2.00 bits per heavy atom. The molecule has 4 rings (SSSR count). The predicted molar refractivity (Wildman–Crippen MR) is 113 cm³/mol. The Bertz CT molecular complexity index is 901. The van der Waals surface area contributed by atoms with Crippen molar-refractivity contribution in [1.29, 1.82) is 0 Å². The molecule has 29 heavy (non-hydrogen) atoms. The van der Waals surface area contributed by atoms with E-state index < -0.39 is 5.60 Å². The number of rotatable bonds is 3. The summed E-state index contributed by atoms with van der Waals surface area (Å²) in [7, 11) is 0. The molecule has 2 saturated heterocycles. The monoisotopic (exact) mass is 415 g/mol. The lowest BCUT2D eigenvalue weighted by Crippen LogP contribution is -2.53. The minimum atomic E-state index is -0.515. The lowest BCUT2D eigenvalue weighted by Gasteiger charge is -2.38. The quantitative estimate of drug-likeness (QED) is 0.805. The second-order valence-corrected chi connectivity index (χ2v) is 8.17. The summed E-state index contributed by atoms with van der Waals surface area (Å²) in [6.45, 7) is 5.67. The van der Waals surface area contributed by atoms with Crippen LogP contribution in [0.4, 0.5) is 0 Å². The maximum Gasteiger partial charge on any atom is 0.254 e. The molecular formula is C22H26ClN3O3. The minimum absolute atomic E-state index is 0.0223. The molecule has 2 aromatic rings. The third-order valence-corrected chi connectivity index (χ3v) is 5.69. The van der Waals surface area contributed by atoms with Crippen LogP contribution in [0.5, 0.6) is 0 Å².